The topological polar surface area (TPSA) is 30.0 Å². The van der Waals surface area contributed by atoms with Gasteiger partial charge >= 0.3 is 0 Å². The molecule has 0 saturated carbocycles. The van der Waals surface area contributed by atoms with Crippen LogP contribution in [0.1, 0.15) is 51.8 Å². The highest BCUT2D eigenvalue weighted by Gasteiger charge is 2.33. The fraction of sp³-hybridized carbons (Fsp3) is 0.412. The van der Waals surface area contributed by atoms with Crippen LogP contribution in [0.2, 0.25) is 0 Å². The number of fused-ring (bicyclic) bond motifs is 1. The summed E-state index contributed by atoms with van der Waals surface area (Å²) in [4.78, 5) is 17.8. The van der Waals surface area contributed by atoms with Gasteiger partial charge in [-0.25, -0.2) is 4.98 Å². The predicted molar refractivity (Wildman–Crippen MR) is 82.5 cm³/mol. The summed E-state index contributed by atoms with van der Waals surface area (Å²) < 4.78 is 0. The Kier molecular flexibility index (Phi) is 3.25. The molecule has 0 fully saturated rings. The Morgan fingerprint density at radius 2 is 1.90 bits per heavy atom. The summed E-state index contributed by atoms with van der Waals surface area (Å²) in [5, 5.41) is 1.06. The van der Waals surface area contributed by atoms with E-state index in [4.69, 9.17) is 4.98 Å². The monoisotopic (exact) mass is 285 g/mol. The minimum atomic E-state index is 0.0548. The second-order valence-corrected chi connectivity index (χ2v) is 7.57. The average molecular weight is 285 g/mol. The third-order valence-corrected chi connectivity index (χ3v) is 4.89. The summed E-state index contributed by atoms with van der Waals surface area (Å²) in [7, 11) is 0. The van der Waals surface area contributed by atoms with Crippen LogP contribution in [0.4, 0.5) is 0 Å². The van der Waals surface area contributed by atoms with Crippen molar-refractivity contribution in [3.63, 3.8) is 0 Å². The Morgan fingerprint density at radius 3 is 2.60 bits per heavy atom. The van der Waals surface area contributed by atoms with E-state index in [1.165, 1.54) is 11.1 Å². The van der Waals surface area contributed by atoms with Crippen molar-refractivity contribution in [1.29, 1.82) is 0 Å². The fourth-order valence-electron chi connectivity index (χ4n) is 2.73. The minimum Gasteiger partial charge on any atom is -0.293 e. The molecule has 1 aromatic heterocycles. The first-order valence-electron chi connectivity index (χ1n) is 7.00. The lowest BCUT2D eigenvalue weighted by Crippen LogP contribution is -2.26. The van der Waals surface area contributed by atoms with E-state index in [1.54, 1.807) is 11.3 Å². The van der Waals surface area contributed by atoms with E-state index >= 15 is 0 Å². The molecule has 0 aliphatic heterocycles. The van der Waals surface area contributed by atoms with Gasteiger partial charge in [0.2, 0.25) is 0 Å². The van der Waals surface area contributed by atoms with Gasteiger partial charge in [-0.05, 0) is 24.3 Å². The van der Waals surface area contributed by atoms with E-state index in [2.05, 4.69) is 45.0 Å². The van der Waals surface area contributed by atoms with Gasteiger partial charge in [0.1, 0.15) is 0 Å². The Bertz CT molecular complexity index is 652. The SMILES string of the molecule is Cc1ccc(Cc2nc3c(s2)C(=O)CC(C)(C)C3)cc1. The molecule has 0 amide bonds. The highest BCUT2D eigenvalue weighted by atomic mass is 32.1. The quantitative estimate of drug-likeness (QED) is 0.828. The molecule has 1 heterocycles. The highest BCUT2D eigenvalue weighted by Crippen LogP contribution is 2.37. The summed E-state index contributed by atoms with van der Waals surface area (Å²) in [5.74, 6) is 0.268. The Balaban J connectivity index is 1.87. The van der Waals surface area contributed by atoms with Gasteiger partial charge in [0, 0.05) is 12.8 Å². The number of hydrogen-bond acceptors (Lipinski definition) is 3. The zero-order valence-corrected chi connectivity index (χ0v) is 13.0. The van der Waals surface area contributed by atoms with Crippen molar-refractivity contribution in [3.05, 3.63) is 51.0 Å². The van der Waals surface area contributed by atoms with Gasteiger partial charge < -0.3 is 0 Å². The molecular weight excluding hydrogens is 266 g/mol. The molecule has 104 valence electrons. The summed E-state index contributed by atoms with van der Waals surface area (Å²) in [6.07, 6.45) is 2.39. The minimum absolute atomic E-state index is 0.0548. The Morgan fingerprint density at radius 1 is 1.20 bits per heavy atom. The Hall–Kier alpha value is -1.48. The van der Waals surface area contributed by atoms with Crippen molar-refractivity contribution in [2.45, 2.75) is 40.0 Å². The van der Waals surface area contributed by atoms with Gasteiger partial charge in [0.15, 0.2) is 5.78 Å². The van der Waals surface area contributed by atoms with Gasteiger partial charge in [-0.1, -0.05) is 43.7 Å². The van der Waals surface area contributed by atoms with Crippen molar-refractivity contribution in [3.8, 4) is 0 Å². The van der Waals surface area contributed by atoms with Crippen LogP contribution >= 0.6 is 11.3 Å². The fourth-order valence-corrected chi connectivity index (χ4v) is 3.78. The number of carbonyl (C=O) groups excluding carboxylic acids is 1. The van der Waals surface area contributed by atoms with E-state index in [9.17, 15) is 4.79 Å². The average Bonchev–Trinajstić information content (AvgIpc) is 2.73. The predicted octanol–water partition coefficient (Wildman–Crippen LogP) is 4.20. The molecule has 0 bridgehead atoms. The lowest BCUT2D eigenvalue weighted by atomic mass is 9.78. The van der Waals surface area contributed by atoms with Crippen LogP contribution in [0.3, 0.4) is 0 Å². The lowest BCUT2D eigenvalue weighted by molar-refractivity contribution is 0.0916. The molecule has 3 heteroatoms. The maximum Gasteiger partial charge on any atom is 0.175 e. The van der Waals surface area contributed by atoms with Crippen LogP contribution in [0.5, 0.6) is 0 Å². The molecule has 3 rings (SSSR count). The maximum atomic E-state index is 12.2. The number of aromatic nitrogens is 1. The normalized spacial score (nSPS) is 17.1. The van der Waals surface area contributed by atoms with Gasteiger partial charge in [-0.15, -0.1) is 11.3 Å². The first kappa shape index (κ1) is 13.5. The van der Waals surface area contributed by atoms with Crippen LogP contribution in [-0.2, 0) is 12.8 Å². The molecule has 0 radical (unpaired) electrons. The smallest absolute Gasteiger partial charge is 0.175 e. The number of ketones is 1. The van der Waals surface area contributed by atoms with Crippen molar-refractivity contribution < 1.29 is 4.79 Å². The molecule has 2 aromatic rings. The van der Waals surface area contributed by atoms with Crippen molar-refractivity contribution >= 4 is 17.1 Å². The van der Waals surface area contributed by atoms with E-state index in [1.807, 2.05) is 0 Å². The zero-order valence-electron chi connectivity index (χ0n) is 12.2. The number of nitrogens with zero attached hydrogens (tertiary/aromatic N) is 1. The van der Waals surface area contributed by atoms with Crippen LogP contribution in [0.15, 0.2) is 24.3 Å². The summed E-state index contributed by atoms with van der Waals surface area (Å²) >= 11 is 1.58. The van der Waals surface area contributed by atoms with Crippen LogP contribution in [0, 0.1) is 12.3 Å². The number of carbonyl (C=O) groups is 1. The highest BCUT2D eigenvalue weighted by molar-refractivity contribution is 7.13. The Labute approximate surface area is 123 Å². The van der Waals surface area contributed by atoms with E-state index in [0.29, 0.717) is 6.42 Å². The van der Waals surface area contributed by atoms with Crippen LogP contribution in [-0.4, -0.2) is 10.8 Å². The third-order valence-electron chi connectivity index (χ3n) is 3.76. The third kappa shape index (κ3) is 2.68. The lowest BCUT2D eigenvalue weighted by Gasteiger charge is -2.26. The van der Waals surface area contributed by atoms with E-state index in [0.717, 1.165) is 28.4 Å². The molecule has 20 heavy (non-hydrogen) atoms. The zero-order chi connectivity index (χ0) is 14.3. The standard InChI is InChI=1S/C17H19NOS/c1-11-4-6-12(7-5-11)8-15-18-13-9-17(2,3)10-14(19)16(13)20-15/h4-7H,8-10H2,1-3H3. The molecule has 1 aliphatic carbocycles. The first-order chi connectivity index (χ1) is 9.43. The van der Waals surface area contributed by atoms with Gasteiger partial charge in [0.25, 0.3) is 0 Å². The molecule has 1 aliphatic rings. The summed E-state index contributed by atoms with van der Waals surface area (Å²) in [6, 6.07) is 8.52. The molecule has 0 N–H and O–H groups in total. The molecule has 2 nitrogen and oxygen atoms in total. The first-order valence-corrected chi connectivity index (χ1v) is 7.82. The second-order valence-electron chi connectivity index (χ2n) is 6.49. The van der Waals surface area contributed by atoms with Crippen LogP contribution in [0.25, 0.3) is 0 Å². The van der Waals surface area contributed by atoms with Crippen LogP contribution < -0.4 is 0 Å². The number of hydrogen-bond donors (Lipinski definition) is 0. The largest absolute Gasteiger partial charge is 0.293 e. The molecule has 1 aromatic carbocycles. The molecule has 0 atom stereocenters. The second kappa shape index (κ2) is 4.81. The van der Waals surface area contributed by atoms with Crippen molar-refractivity contribution in [1.82, 2.24) is 4.98 Å². The summed E-state index contributed by atoms with van der Waals surface area (Å²) in [5.41, 5.74) is 3.59. The summed E-state index contributed by atoms with van der Waals surface area (Å²) in [6.45, 7) is 6.38. The number of rotatable bonds is 2. The van der Waals surface area contributed by atoms with Gasteiger partial charge in [-0.2, -0.15) is 0 Å². The number of aryl methyl sites for hydroxylation is 1. The molecule has 0 spiro atoms. The van der Waals surface area contributed by atoms with Crippen molar-refractivity contribution in [2.24, 2.45) is 5.41 Å². The van der Waals surface area contributed by atoms with Crippen molar-refractivity contribution in [2.75, 3.05) is 0 Å². The van der Waals surface area contributed by atoms with Gasteiger partial charge in [0.05, 0.1) is 15.6 Å². The molecule has 0 unspecified atom stereocenters. The van der Waals surface area contributed by atoms with Gasteiger partial charge in [-0.3, -0.25) is 4.79 Å². The number of benzene rings is 1. The number of Topliss-reactive ketones (excluding diaryl/α,β-unsaturated/α-hetero) is 1. The molecule has 0 saturated heterocycles. The maximum absolute atomic E-state index is 12.2. The van der Waals surface area contributed by atoms with E-state index < -0.39 is 0 Å². The molecular formula is C17H19NOS. The number of thiazole rings is 1. The van der Waals surface area contributed by atoms with E-state index in [-0.39, 0.29) is 11.2 Å².